The smallest absolute Gasteiger partial charge is 0.183 e. The number of hydrogen-bond donors (Lipinski definition) is 0. The lowest BCUT2D eigenvalue weighted by molar-refractivity contribution is 0.579. The zero-order valence-corrected chi connectivity index (χ0v) is 15.0. The predicted octanol–water partition coefficient (Wildman–Crippen LogP) is 3.70. The molecule has 1 aliphatic rings. The van der Waals surface area contributed by atoms with E-state index >= 15 is 0 Å². The van der Waals surface area contributed by atoms with Crippen LogP contribution in [-0.2, 0) is 0 Å². The molecule has 6 nitrogen and oxygen atoms in total. The Kier molecular flexibility index (Phi) is 3.67. The second-order valence-electron chi connectivity index (χ2n) is 6.92. The van der Waals surface area contributed by atoms with Crippen LogP contribution in [0.2, 0.25) is 0 Å². The van der Waals surface area contributed by atoms with Crippen LogP contribution in [-0.4, -0.2) is 30.9 Å². The summed E-state index contributed by atoms with van der Waals surface area (Å²) in [4.78, 5) is 7.04. The van der Waals surface area contributed by atoms with Crippen molar-refractivity contribution in [3.8, 4) is 5.69 Å². The van der Waals surface area contributed by atoms with Crippen molar-refractivity contribution in [1.82, 2.24) is 24.4 Å². The second-order valence-corrected chi connectivity index (χ2v) is 6.92. The van der Waals surface area contributed by atoms with E-state index in [0.29, 0.717) is 0 Å². The second kappa shape index (κ2) is 6.19. The van der Waals surface area contributed by atoms with Crippen LogP contribution >= 0.6 is 0 Å². The molecule has 0 unspecified atom stereocenters. The number of rotatable bonds is 3. The summed E-state index contributed by atoms with van der Waals surface area (Å²) in [5.74, 6) is 0.673. The Morgan fingerprint density at radius 3 is 2.81 bits per heavy atom. The van der Waals surface area contributed by atoms with E-state index in [1.54, 1.807) is 21.5 Å². The Labute approximate surface area is 155 Å². The molecule has 4 aromatic rings. The number of aromatic nitrogens is 5. The standard InChI is InChI=1S/C20H19FN6/c1-14-11-22-27(13-14)18-12-23-26-10-8-19(24-20(18)26)25-9-4-7-17(25)15-5-2-3-6-16(15)21/h2-3,5-6,8,10-13,17H,4,7,9H2,1H3/t17-/m1/s1. The van der Waals surface area contributed by atoms with Gasteiger partial charge in [0.05, 0.1) is 18.4 Å². The summed E-state index contributed by atoms with van der Waals surface area (Å²) in [6.07, 6.45) is 9.34. The van der Waals surface area contributed by atoms with Gasteiger partial charge in [-0.3, -0.25) is 0 Å². The first-order valence-electron chi connectivity index (χ1n) is 9.08. The molecule has 4 heterocycles. The molecule has 1 aliphatic heterocycles. The Morgan fingerprint density at radius 1 is 1.11 bits per heavy atom. The van der Waals surface area contributed by atoms with Gasteiger partial charge in [0.15, 0.2) is 5.65 Å². The van der Waals surface area contributed by atoms with E-state index in [2.05, 4.69) is 15.1 Å². The van der Waals surface area contributed by atoms with Crippen LogP contribution in [0.15, 0.2) is 55.1 Å². The van der Waals surface area contributed by atoms with Crippen molar-refractivity contribution in [3.05, 3.63) is 72.1 Å². The van der Waals surface area contributed by atoms with Crippen LogP contribution in [0.25, 0.3) is 11.3 Å². The molecule has 27 heavy (non-hydrogen) atoms. The summed E-state index contributed by atoms with van der Waals surface area (Å²) < 4.78 is 17.9. The minimum Gasteiger partial charge on any atom is -0.349 e. The Balaban J connectivity index is 1.57. The number of fused-ring (bicyclic) bond motifs is 1. The molecule has 0 spiro atoms. The van der Waals surface area contributed by atoms with Crippen LogP contribution in [0.1, 0.15) is 30.0 Å². The molecule has 136 valence electrons. The molecule has 1 saturated heterocycles. The van der Waals surface area contributed by atoms with Gasteiger partial charge >= 0.3 is 0 Å². The lowest BCUT2D eigenvalue weighted by atomic mass is 10.0. The molecular formula is C20H19FN6. The SMILES string of the molecule is Cc1cnn(-c2cnn3ccc(N4CCC[C@@H]4c4ccccc4F)nc23)c1. The molecule has 0 radical (unpaired) electrons. The van der Waals surface area contributed by atoms with E-state index in [1.807, 2.05) is 43.7 Å². The van der Waals surface area contributed by atoms with Gasteiger partial charge in [-0.25, -0.2) is 18.6 Å². The largest absolute Gasteiger partial charge is 0.349 e. The molecule has 0 amide bonds. The van der Waals surface area contributed by atoms with Crippen LogP contribution in [0.3, 0.4) is 0 Å². The van der Waals surface area contributed by atoms with Gasteiger partial charge < -0.3 is 4.90 Å². The van der Waals surface area contributed by atoms with E-state index < -0.39 is 0 Å². The number of aryl methyl sites for hydroxylation is 1. The van der Waals surface area contributed by atoms with Gasteiger partial charge in [0.25, 0.3) is 0 Å². The molecule has 1 aromatic carbocycles. The predicted molar refractivity (Wildman–Crippen MR) is 101 cm³/mol. The summed E-state index contributed by atoms with van der Waals surface area (Å²) in [6.45, 7) is 2.85. The molecule has 7 heteroatoms. The van der Waals surface area contributed by atoms with E-state index in [0.717, 1.165) is 47.7 Å². The third kappa shape index (κ3) is 2.66. The van der Waals surface area contributed by atoms with Crippen molar-refractivity contribution in [1.29, 1.82) is 0 Å². The van der Waals surface area contributed by atoms with E-state index in [4.69, 9.17) is 4.98 Å². The van der Waals surface area contributed by atoms with Gasteiger partial charge in [-0.1, -0.05) is 18.2 Å². The van der Waals surface area contributed by atoms with Crippen molar-refractivity contribution in [2.24, 2.45) is 0 Å². The maximum atomic E-state index is 14.3. The van der Waals surface area contributed by atoms with Crippen LogP contribution < -0.4 is 4.90 Å². The van der Waals surface area contributed by atoms with Gasteiger partial charge in [-0.15, -0.1) is 0 Å². The fourth-order valence-electron chi connectivity index (χ4n) is 3.82. The highest BCUT2D eigenvalue weighted by Crippen LogP contribution is 2.36. The van der Waals surface area contributed by atoms with Crippen molar-refractivity contribution < 1.29 is 4.39 Å². The van der Waals surface area contributed by atoms with Gasteiger partial charge in [-0.05, 0) is 37.5 Å². The molecule has 0 saturated carbocycles. The van der Waals surface area contributed by atoms with Crippen molar-refractivity contribution in [3.63, 3.8) is 0 Å². The number of halogens is 1. The summed E-state index contributed by atoms with van der Waals surface area (Å²) in [7, 11) is 0. The molecule has 0 aliphatic carbocycles. The Bertz CT molecular complexity index is 1110. The van der Waals surface area contributed by atoms with Crippen molar-refractivity contribution in [2.45, 2.75) is 25.8 Å². The summed E-state index contributed by atoms with van der Waals surface area (Å²) in [6, 6.07) is 8.95. The first-order valence-corrected chi connectivity index (χ1v) is 9.08. The van der Waals surface area contributed by atoms with Crippen LogP contribution in [0.5, 0.6) is 0 Å². The molecule has 5 rings (SSSR count). The molecule has 0 bridgehead atoms. The van der Waals surface area contributed by atoms with Gasteiger partial charge in [0.1, 0.15) is 17.3 Å². The van der Waals surface area contributed by atoms with Gasteiger partial charge in [0, 0.05) is 24.5 Å². The Morgan fingerprint density at radius 2 is 2.00 bits per heavy atom. The average molecular weight is 362 g/mol. The third-order valence-corrected chi connectivity index (χ3v) is 5.11. The third-order valence-electron chi connectivity index (χ3n) is 5.11. The highest BCUT2D eigenvalue weighted by molar-refractivity contribution is 5.61. The topological polar surface area (TPSA) is 51.3 Å². The quantitative estimate of drug-likeness (QED) is 0.558. The summed E-state index contributed by atoms with van der Waals surface area (Å²) >= 11 is 0. The molecular weight excluding hydrogens is 343 g/mol. The monoisotopic (exact) mass is 362 g/mol. The molecule has 3 aromatic heterocycles. The van der Waals surface area contributed by atoms with Crippen molar-refractivity contribution in [2.75, 3.05) is 11.4 Å². The van der Waals surface area contributed by atoms with Crippen LogP contribution in [0.4, 0.5) is 10.2 Å². The highest BCUT2D eigenvalue weighted by Gasteiger charge is 2.29. The normalized spacial score (nSPS) is 17.1. The van der Waals surface area contributed by atoms with Gasteiger partial charge in [0.2, 0.25) is 0 Å². The van der Waals surface area contributed by atoms with Gasteiger partial charge in [-0.2, -0.15) is 10.2 Å². The number of hydrogen-bond acceptors (Lipinski definition) is 4. The summed E-state index contributed by atoms with van der Waals surface area (Å²) in [5.41, 5.74) is 3.36. The highest BCUT2D eigenvalue weighted by atomic mass is 19.1. The number of anilines is 1. The number of benzene rings is 1. The van der Waals surface area contributed by atoms with E-state index in [9.17, 15) is 4.39 Å². The lowest BCUT2D eigenvalue weighted by Crippen LogP contribution is -2.24. The molecule has 0 N–H and O–H groups in total. The summed E-state index contributed by atoms with van der Waals surface area (Å²) in [5, 5.41) is 8.75. The molecule has 1 atom stereocenters. The minimum absolute atomic E-state index is 0.000491. The van der Waals surface area contributed by atoms with E-state index in [1.165, 1.54) is 6.07 Å². The zero-order valence-electron chi connectivity index (χ0n) is 15.0. The zero-order chi connectivity index (χ0) is 18.4. The van der Waals surface area contributed by atoms with Crippen molar-refractivity contribution >= 4 is 11.5 Å². The van der Waals surface area contributed by atoms with E-state index in [-0.39, 0.29) is 11.9 Å². The minimum atomic E-state index is -0.160. The maximum Gasteiger partial charge on any atom is 0.183 e. The fourth-order valence-corrected chi connectivity index (χ4v) is 3.82. The first-order chi connectivity index (χ1) is 13.2. The average Bonchev–Trinajstić information content (AvgIpc) is 3.40. The fraction of sp³-hybridized carbons (Fsp3) is 0.250. The molecule has 1 fully saturated rings. The lowest BCUT2D eigenvalue weighted by Gasteiger charge is -2.26. The maximum absolute atomic E-state index is 14.3. The first kappa shape index (κ1) is 16.0. The Hall–Kier alpha value is -3.22. The number of nitrogens with zero attached hydrogens (tertiary/aromatic N) is 6. The van der Waals surface area contributed by atoms with Crippen LogP contribution in [0, 0.1) is 12.7 Å².